The summed E-state index contributed by atoms with van der Waals surface area (Å²) in [6.45, 7) is 7.41. The highest BCUT2D eigenvalue weighted by atomic mass is 16.5. The minimum absolute atomic E-state index is 0.0293. The number of carbonyl (C=O) groups is 2. The lowest BCUT2D eigenvalue weighted by Crippen LogP contribution is -2.41. The number of furan rings is 1. The van der Waals surface area contributed by atoms with Gasteiger partial charge in [-0.3, -0.25) is 9.59 Å². The quantitative estimate of drug-likeness (QED) is 0.792. The van der Waals surface area contributed by atoms with Gasteiger partial charge in [-0.1, -0.05) is 6.92 Å². The van der Waals surface area contributed by atoms with Crippen LogP contribution in [0.25, 0.3) is 0 Å². The molecule has 6 heteroatoms. The highest BCUT2D eigenvalue weighted by Gasteiger charge is 2.25. The molecule has 2 amide bonds. The lowest BCUT2D eigenvalue weighted by Gasteiger charge is -2.25. The van der Waals surface area contributed by atoms with Crippen LogP contribution in [-0.4, -0.2) is 48.6 Å². The molecule has 2 atom stereocenters. The van der Waals surface area contributed by atoms with Gasteiger partial charge in [0.05, 0.1) is 17.9 Å². The lowest BCUT2D eigenvalue weighted by molar-refractivity contribution is -0.121. The number of aryl methyl sites for hydroxylation is 1. The van der Waals surface area contributed by atoms with E-state index in [0.717, 1.165) is 25.9 Å². The van der Waals surface area contributed by atoms with Crippen molar-refractivity contribution in [3.05, 3.63) is 23.7 Å². The summed E-state index contributed by atoms with van der Waals surface area (Å²) in [6.07, 6.45) is 4.72. The summed E-state index contributed by atoms with van der Waals surface area (Å²) >= 11 is 0. The molecule has 6 nitrogen and oxygen atoms in total. The van der Waals surface area contributed by atoms with Gasteiger partial charge in [-0.2, -0.15) is 0 Å². The third-order valence-electron chi connectivity index (χ3n) is 4.45. The number of rotatable bonds is 8. The van der Waals surface area contributed by atoms with Crippen LogP contribution in [0.15, 0.2) is 16.7 Å². The van der Waals surface area contributed by atoms with Crippen molar-refractivity contribution in [2.75, 3.05) is 19.7 Å². The molecule has 134 valence electrons. The Hall–Kier alpha value is -1.82. The van der Waals surface area contributed by atoms with Gasteiger partial charge >= 0.3 is 0 Å². The molecule has 1 aliphatic rings. The number of nitrogens with zero attached hydrogens (tertiary/aromatic N) is 1. The Bertz CT molecular complexity index is 549. The molecule has 0 aromatic carbocycles. The van der Waals surface area contributed by atoms with E-state index in [2.05, 4.69) is 5.32 Å². The predicted molar refractivity (Wildman–Crippen MR) is 90.8 cm³/mol. The van der Waals surface area contributed by atoms with Gasteiger partial charge in [-0.15, -0.1) is 0 Å². The Kier molecular flexibility index (Phi) is 6.85. The summed E-state index contributed by atoms with van der Waals surface area (Å²) < 4.78 is 10.9. The highest BCUT2D eigenvalue weighted by molar-refractivity contribution is 5.95. The van der Waals surface area contributed by atoms with E-state index < -0.39 is 0 Å². The molecule has 2 heterocycles. The van der Waals surface area contributed by atoms with Crippen LogP contribution in [0.3, 0.4) is 0 Å². The smallest absolute Gasteiger partial charge is 0.257 e. The van der Waals surface area contributed by atoms with Gasteiger partial charge in [-0.05, 0) is 39.2 Å². The predicted octanol–water partition coefficient (Wildman–Crippen LogP) is 2.51. The molecule has 0 saturated carbocycles. The Morgan fingerprint density at radius 2 is 2.25 bits per heavy atom. The summed E-state index contributed by atoms with van der Waals surface area (Å²) in [5.74, 6) is 0.466. The molecule has 1 aliphatic heterocycles. The van der Waals surface area contributed by atoms with E-state index in [1.807, 2.05) is 13.8 Å². The van der Waals surface area contributed by atoms with Crippen molar-refractivity contribution >= 4 is 11.8 Å². The second kappa shape index (κ2) is 8.87. The number of nitrogens with one attached hydrogen (secondary N) is 1. The van der Waals surface area contributed by atoms with Crippen molar-refractivity contribution in [3.8, 4) is 0 Å². The zero-order valence-corrected chi connectivity index (χ0v) is 14.8. The van der Waals surface area contributed by atoms with Crippen molar-refractivity contribution in [1.29, 1.82) is 0 Å². The molecule has 24 heavy (non-hydrogen) atoms. The van der Waals surface area contributed by atoms with E-state index in [1.165, 1.54) is 6.26 Å². The van der Waals surface area contributed by atoms with Crippen LogP contribution in [0.2, 0.25) is 0 Å². The Morgan fingerprint density at radius 1 is 1.46 bits per heavy atom. The standard InChI is InChI=1S/C18H28N2O4/c1-4-13(2)19-17(21)7-9-20(12-15-6-5-10-24-15)18(22)16-8-11-23-14(16)3/h8,11,13,15H,4-7,9-10,12H2,1-3H3,(H,19,21)/t13-,15+/m0/s1. The van der Waals surface area contributed by atoms with E-state index in [4.69, 9.17) is 9.15 Å². The van der Waals surface area contributed by atoms with E-state index in [0.29, 0.717) is 30.8 Å². The van der Waals surface area contributed by atoms with E-state index >= 15 is 0 Å². The summed E-state index contributed by atoms with van der Waals surface area (Å²) in [6, 6.07) is 1.83. The molecule has 0 unspecified atom stereocenters. The molecule has 0 aliphatic carbocycles. The fourth-order valence-electron chi connectivity index (χ4n) is 2.77. The molecule has 1 N–H and O–H groups in total. The minimum Gasteiger partial charge on any atom is -0.469 e. The third kappa shape index (κ3) is 5.09. The van der Waals surface area contributed by atoms with Crippen LogP contribution in [0.1, 0.15) is 55.6 Å². The van der Waals surface area contributed by atoms with Gasteiger partial charge < -0.3 is 19.4 Å². The van der Waals surface area contributed by atoms with Crippen molar-refractivity contribution in [2.24, 2.45) is 0 Å². The number of carbonyl (C=O) groups excluding carboxylic acids is 2. The maximum absolute atomic E-state index is 12.8. The molecule has 2 rings (SSSR count). The summed E-state index contributed by atoms with van der Waals surface area (Å²) in [4.78, 5) is 26.5. The highest BCUT2D eigenvalue weighted by Crippen LogP contribution is 2.17. The summed E-state index contributed by atoms with van der Waals surface area (Å²) in [5.41, 5.74) is 0.551. The fraction of sp³-hybridized carbons (Fsp3) is 0.667. The van der Waals surface area contributed by atoms with Gasteiger partial charge in [0.15, 0.2) is 0 Å². The first kappa shape index (κ1) is 18.5. The number of hydrogen-bond donors (Lipinski definition) is 1. The third-order valence-corrected chi connectivity index (χ3v) is 4.45. The van der Waals surface area contributed by atoms with Crippen LogP contribution in [0, 0.1) is 6.92 Å². The summed E-state index contributed by atoms with van der Waals surface area (Å²) in [5, 5.41) is 2.94. The normalized spacial score (nSPS) is 18.4. The monoisotopic (exact) mass is 336 g/mol. The Labute approximate surface area is 143 Å². The van der Waals surface area contributed by atoms with E-state index in [-0.39, 0.29) is 24.0 Å². The lowest BCUT2D eigenvalue weighted by atomic mass is 10.1. The SMILES string of the molecule is CC[C@H](C)NC(=O)CCN(C[C@H]1CCCO1)C(=O)c1ccoc1C. The zero-order valence-electron chi connectivity index (χ0n) is 14.8. The van der Waals surface area contributed by atoms with Crippen molar-refractivity contribution in [1.82, 2.24) is 10.2 Å². The fourth-order valence-corrected chi connectivity index (χ4v) is 2.77. The first-order chi connectivity index (χ1) is 11.5. The van der Waals surface area contributed by atoms with Crippen LogP contribution < -0.4 is 5.32 Å². The van der Waals surface area contributed by atoms with E-state index in [1.54, 1.807) is 17.9 Å². The van der Waals surface area contributed by atoms with Crippen molar-refractivity contribution in [3.63, 3.8) is 0 Å². The molecule has 1 aromatic heterocycles. The molecule has 1 aromatic rings. The molecule has 0 bridgehead atoms. The Balaban J connectivity index is 1.98. The minimum atomic E-state index is -0.104. The first-order valence-electron chi connectivity index (χ1n) is 8.75. The van der Waals surface area contributed by atoms with Gasteiger partial charge in [0.25, 0.3) is 5.91 Å². The average Bonchev–Trinajstić information content (AvgIpc) is 3.22. The maximum atomic E-state index is 12.8. The topological polar surface area (TPSA) is 71.8 Å². The van der Waals surface area contributed by atoms with Crippen molar-refractivity contribution < 1.29 is 18.7 Å². The molecule has 0 spiro atoms. The van der Waals surface area contributed by atoms with Crippen LogP contribution in [0.5, 0.6) is 0 Å². The second-order valence-electron chi connectivity index (χ2n) is 6.40. The average molecular weight is 336 g/mol. The van der Waals surface area contributed by atoms with Crippen LogP contribution in [0.4, 0.5) is 0 Å². The van der Waals surface area contributed by atoms with Crippen molar-refractivity contribution in [2.45, 2.75) is 58.6 Å². The first-order valence-corrected chi connectivity index (χ1v) is 8.75. The number of amides is 2. The van der Waals surface area contributed by atoms with E-state index in [9.17, 15) is 9.59 Å². The molecule has 1 saturated heterocycles. The molecular weight excluding hydrogens is 308 g/mol. The van der Waals surface area contributed by atoms with Gasteiger partial charge in [0.2, 0.25) is 5.91 Å². The molecular formula is C18H28N2O4. The number of hydrogen-bond acceptors (Lipinski definition) is 4. The molecule has 0 radical (unpaired) electrons. The van der Waals surface area contributed by atoms with Crippen LogP contribution in [-0.2, 0) is 9.53 Å². The van der Waals surface area contributed by atoms with Crippen LogP contribution >= 0.6 is 0 Å². The largest absolute Gasteiger partial charge is 0.469 e. The van der Waals surface area contributed by atoms with Gasteiger partial charge in [-0.25, -0.2) is 0 Å². The van der Waals surface area contributed by atoms with Gasteiger partial charge in [0.1, 0.15) is 5.76 Å². The second-order valence-corrected chi connectivity index (χ2v) is 6.40. The molecule has 1 fully saturated rings. The number of ether oxygens (including phenoxy) is 1. The zero-order chi connectivity index (χ0) is 17.5. The Morgan fingerprint density at radius 3 is 2.83 bits per heavy atom. The maximum Gasteiger partial charge on any atom is 0.257 e. The van der Waals surface area contributed by atoms with Gasteiger partial charge in [0, 0.05) is 32.2 Å². The summed E-state index contributed by atoms with van der Waals surface area (Å²) in [7, 11) is 0.